The van der Waals surface area contributed by atoms with Gasteiger partial charge in [-0.25, -0.2) is 4.39 Å². The van der Waals surface area contributed by atoms with Crippen molar-refractivity contribution in [2.24, 2.45) is 0 Å². The van der Waals surface area contributed by atoms with Crippen LogP contribution in [0.25, 0.3) is 0 Å². The first-order valence-corrected chi connectivity index (χ1v) is 6.42. The first kappa shape index (κ1) is 14.0. The predicted molar refractivity (Wildman–Crippen MR) is 73.2 cm³/mol. The fraction of sp³-hybridized carbons (Fsp3) is 0.533. The molecule has 1 aliphatic heterocycles. The maximum atomic E-state index is 13.2. The van der Waals surface area contributed by atoms with Crippen molar-refractivity contribution in [3.8, 4) is 0 Å². The van der Waals surface area contributed by atoms with E-state index in [9.17, 15) is 9.18 Å². The molecule has 0 atom stereocenters. The average Bonchev–Trinajstić information content (AvgIpc) is 2.24. The van der Waals surface area contributed by atoms with Gasteiger partial charge in [0, 0.05) is 24.3 Å². The Hall–Kier alpha value is -1.42. The summed E-state index contributed by atoms with van der Waals surface area (Å²) in [5, 5.41) is 0. The van der Waals surface area contributed by atoms with Crippen LogP contribution in [0.1, 0.15) is 38.1 Å². The van der Waals surface area contributed by atoms with Gasteiger partial charge >= 0.3 is 0 Å². The SMILES string of the molecule is CC1(C)CN(c2ccc(F)cc2C=O)CC(C)(C)O1. The van der Waals surface area contributed by atoms with Gasteiger partial charge in [-0.1, -0.05) is 0 Å². The molecule has 0 amide bonds. The third kappa shape index (κ3) is 3.13. The minimum absolute atomic E-state index is 0.309. The second-order valence-corrected chi connectivity index (χ2v) is 6.30. The van der Waals surface area contributed by atoms with Crippen molar-refractivity contribution in [1.29, 1.82) is 0 Å². The van der Waals surface area contributed by atoms with Gasteiger partial charge in [0.25, 0.3) is 0 Å². The van der Waals surface area contributed by atoms with Crippen molar-refractivity contribution < 1.29 is 13.9 Å². The van der Waals surface area contributed by atoms with Crippen LogP contribution in [0.2, 0.25) is 0 Å². The van der Waals surface area contributed by atoms with Crippen molar-refractivity contribution in [2.75, 3.05) is 18.0 Å². The zero-order valence-corrected chi connectivity index (χ0v) is 11.9. The lowest BCUT2D eigenvalue weighted by Gasteiger charge is -2.48. The van der Waals surface area contributed by atoms with E-state index in [2.05, 4.69) is 4.90 Å². The highest BCUT2D eigenvalue weighted by Crippen LogP contribution is 2.32. The number of carbonyl (C=O) groups is 1. The Labute approximate surface area is 113 Å². The van der Waals surface area contributed by atoms with Gasteiger partial charge < -0.3 is 9.64 Å². The maximum absolute atomic E-state index is 13.2. The molecule has 0 spiro atoms. The Morgan fingerprint density at radius 2 is 1.79 bits per heavy atom. The molecule has 1 saturated heterocycles. The lowest BCUT2D eigenvalue weighted by Crippen LogP contribution is -2.57. The second kappa shape index (κ2) is 4.60. The van der Waals surface area contributed by atoms with Crippen molar-refractivity contribution in [1.82, 2.24) is 0 Å². The summed E-state index contributed by atoms with van der Waals surface area (Å²) in [5.41, 5.74) is 0.529. The molecule has 0 aromatic heterocycles. The number of hydrogen-bond donors (Lipinski definition) is 0. The van der Waals surface area contributed by atoms with E-state index in [-0.39, 0.29) is 11.2 Å². The molecule has 0 N–H and O–H groups in total. The van der Waals surface area contributed by atoms with Crippen LogP contribution in [0, 0.1) is 5.82 Å². The summed E-state index contributed by atoms with van der Waals surface area (Å²) in [7, 11) is 0. The van der Waals surface area contributed by atoms with Crippen LogP contribution in [0.5, 0.6) is 0 Å². The van der Waals surface area contributed by atoms with Crippen LogP contribution >= 0.6 is 0 Å². The lowest BCUT2D eigenvalue weighted by molar-refractivity contribution is -0.133. The molecule has 1 fully saturated rings. The maximum Gasteiger partial charge on any atom is 0.152 e. The van der Waals surface area contributed by atoms with Gasteiger partial charge in [0.05, 0.1) is 11.2 Å². The highest BCUT2D eigenvalue weighted by Gasteiger charge is 2.38. The summed E-state index contributed by atoms with van der Waals surface area (Å²) in [5.74, 6) is -0.391. The van der Waals surface area contributed by atoms with Crippen molar-refractivity contribution in [2.45, 2.75) is 38.9 Å². The van der Waals surface area contributed by atoms with Crippen LogP contribution < -0.4 is 4.90 Å². The Bertz CT molecular complexity index is 481. The summed E-state index contributed by atoms with van der Waals surface area (Å²) in [4.78, 5) is 13.2. The minimum Gasteiger partial charge on any atom is -0.366 e. The quantitative estimate of drug-likeness (QED) is 0.770. The first-order chi connectivity index (χ1) is 8.72. The molecule has 4 heteroatoms. The van der Waals surface area contributed by atoms with E-state index in [0.29, 0.717) is 24.9 Å². The lowest BCUT2D eigenvalue weighted by atomic mass is 9.97. The smallest absolute Gasteiger partial charge is 0.152 e. The molecule has 104 valence electrons. The number of halogens is 1. The van der Waals surface area contributed by atoms with E-state index in [1.165, 1.54) is 12.1 Å². The van der Waals surface area contributed by atoms with Gasteiger partial charge in [0.15, 0.2) is 6.29 Å². The minimum atomic E-state index is -0.391. The number of morpholine rings is 1. The molecule has 0 aliphatic carbocycles. The third-order valence-corrected chi connectivity index (χ3v) is 3.15. The highest BCUT2D eigenvalue weighted by molar-refractivity contribution is 5.84. The van der Waals surface area contributed by atoms with E-state index >= 15 is 0 Å². The molecular weight excluding hydrogens is 245 g/mol. The average molecular weight is 265 g/mol. The van der Waals surface area contributed by atoms with Crippen LogP contribution in [-0.4, -0.2) is 30.6 Å². The molecule has 0 radical (unpaired) electrons. The number of rotatable bonds is 2. The van der Waals surface area contributed by atoms with E-state index in [0.717, 1.165) is 5.69 Å². The van der Waals surface area contributed by atoms with E-state index < -0.39 is 5.82 Å². The van der Waals surface area contributed by atoms with Crippen molar-refractivity contribution in [3.63, 3.8) is 0 Å². The Kier molecular flexibility index (Phi) is 3.39. The Balaban J connectivity index is 2.38. The van der Waals surface area contributed by atoms with Gasteiger partial charge in [-0.15, -0.1) is 0 Å². The molecule has 0 saturated carbocycles. The second-order valence-electron chi connectivity index (χ2n) is 6.30. The number of anilines is 1. The van der Waals surface area contributed by atoms with E-state index in [1.807, 2.05) is 27.7 Å². The fourth-order valence-corrected chi connectivity index (χ4v) is 2.87. The zero-order valence-electron chi connectivity index (χ0n) is 11.9. The topological polar surface area (TPSA) is 29.5 Å². The van der Waals surface area contributed by atoms with E-state index in [1.54, 1.807) is 6.07 Å². The number of ether oxygens (including phenoxy) is 1. The van der Waals surface area contributed by atoms with Crippen LogP contribution in [0.3, 0.4) is 0 Å². The number of hydrogen-bond acceptors (Lipinski definition) is 3. The third-order valence-electron chi connectivity index (χ3n) is 3.15. The number of benzene rings is 1. The standard InChI is InChI=1S/C15H20FNO2/c1-14(2)9-17(10-15(3,4)19-14)13-6-5-12(16)7-11(13)8-18/h5-8H,9-10H2,1-4H3. The summed E-state index contributed by atoms with van der Waals surface area (Å²) in [6.45, 7) is 9.41. The molecule has 1 aromatic rings. The molecule has 1 aliphatic rings. The molecule has 1 aromatic carbocycles. The zero-order chi connectivity index (χ0) is 14.3. The van der Waals surface area contributed by atoms with Crippen LogP contribution in [-0.2, 0) is 4.74 Å². The molecule has 1 heterocycles. The first-order valence-electron chi connectivity index (χ1n) is 6.42. The van der Waals surface area contributed by atoms with Gasteiger partial charge in [0.1, 0.15) is 5.82 Å². The molecule has 2 rings (SSSR count). The van der Waals surface area contributed by atoms with Crippen molar-refractivity contribution >= 4 is 12.0 Å². The number of nitrogens with zero attached hydrogens (tertiary/aromatic N) is 1. The van der Waals surface area contributed by atoms with E-state index in [4.69, 9.17) is 4.74 Å². The molecule has 19 heavy (non-hydrogen) atoms. The van der Waals surface area contributed by atoms with Gasteiger partial charge in [0.2, 0.25) is 0 Å². The highest BCUT2D eigenvalue weighted by atomic mass is 19.1. The van der Waals surface area contributed by atoms with Gasteiger partial charge in [-0.3, -0.25) is 4.79 Å². The monoisotopic (exact) mass is 265 g/mol. The van der Waals surface area contributed by atoms with Crippen molar-refractivity contribution in [3.05, 3.63) is 29.6 Å². The molecule has 3 nitrogen and oxygen atoms in total. The van der Waals surface area contributed by atoms with Gasteiger partial charge in [-0.05, 0) is 45.9 Å². The summed E-state index contributed by atoms with van der Waals surface area (Å²) < 4.78 is 19.2. The molecule has 0 unspecified atom stereocenters. The van der Waals surface area contributed by atoms with Crippen LogP contribution in [0.15, 0.2) is 18.2 Å². The fourth-order valence-electron chi connectivity index (χ4n) is 2.87. The Morgan fingerprint density at radius 3 is 2.32 bits per heavy atom. The summed E-state index contributed by atoms with van der Waals surface area (Å²) in [6, 6.07) is 4.33. The molecule has 0 bridgehead atoms. The summed E-state index contributed by atoms with van der Waals surface area (Å²) >= 11 is 0. The van der Waals surface area contributed by atoms with Gasteiger partial charge in [-0.2, -0.15) is 0 Å². The predicted octanol–water partition coefficient (Wildman–Crippen LogP) is 3.03. The normalized spacial score (nSPS) is 21.2. The number of carbonyl (C=O) groups excluding carboxylic acids is 1. The molecular formula is C15H20FNO2. The Morgan fingerprint density at radius 1 is 1.21 bits per heavy atom. The summed E-state index contributed by atoms with van der Waals surface area (Å²) in [6.07, 6.45) is 0.702. The van der Waals surface area contributed by atoms with Crippen LogP contribution in [0.4, 0.5) is 10.1 Å². The number of aldehydes is 1. The largest absolute Gasteiger partial charge is 0.366 e.